The van der Waals surface area contributed by atoms with Crippen LogP contribution in [-0.2, 0) is 10.0 Å². The summed E-state index contributed by atoms with van der Waals surface area (Å²) in [4.78, 5) is 24.2. The predicted molar refractivity (Wildman–Crippen MR) is 100 cm³/mol. The lowest BCUT2D eigenvalue weighted by molar-refractivity contribution is -0.387. The molecule has 0 bridgehead atoms. The van der Waals surface area contributed by atoms with E-state index in [1.807, 2.05) is 0 Å². The Morgan fingerprint density at radius 3 is 2.48 bits per heavy atom. The van der Waals surface area contributed by atoms with E-state index >= 15 is 0 Å². The van der Waals surface area contributed by atoms with Crippen molar-refractivity contribution < 1.29 is 18.1 Å². The van der Waals surface area contributed by atoms with E-state index in [9.17, 15) is 23.3 Å². The highest BCUT2D eigenvalue weighted by Gasteiger charge is 2.28. The molecule has 142 valence electrons. The van der Waals surface area contributed by atoms with Crippen molar-refractivity contribution in [3.05, 3.63) is 63.2 Å². The number of anilines is 1. The molecule has 1 amide bonds. The van der Waals surface area contributed by atoms with Crippen LogP contribution in [0.3, 0.4) is 0 Å². The molecular formula is C17H16ClN3O5S. The van der Waals surface area contributed by atoms with Gasteiger partial charge in [-0.05, 0) is 37.1 Å². The second-order valence-corrected chi connectivity index (χ2v) is 8.11. The number of halogens is 1. The first-order valence-corrected chi connectivity index (χ1v) is 10.0. The molecule has 1 aliphatic heterocycles. The molecule has 1 saturated heterocycles. The number of hydrogen-bond acceptors (Lipinski definition) is 5. The number of rotatable bonds is 5. The van der Waals surface area contributed by atoms with Gasteiger partial charge in [0.2, 0.25) is 0 Å². The third-order valence-corrected chi connectivity index (χ3v) is 5.85. The Bertz CT molecular complexity index is 1000. The minimum Gasteiger partial charge on any atom is -0.339 e. The van der Waals surface area contributed by atoms with Gasteiger partial charge < -0.3 is 4.90 Å². The highest BCUT2D eigenvalue weighted by atomic mass is 35.5. The Morgan fingerprint density at radius 1 is 1.15 bits per heavy atom. The summed E-state index contributed by atoms with van der Waals surface area (Å²) in [6.45, 7) is 1.19. The van der Waals surface area contributed by atoms with Crippen molar-refractivity contribution >= 4 is 38.9 Å². The van der Waals surface area contributed by atoms with Crippen LogP contribution in [0.25, 0.3) is 0 Å². The molecule has 2 aromatic rings. The van der Waals surface area contributed by atoms with Gasteiger partial charge in [0.1, 0.15) is 0 Å². The topological polar surface area (TPSA) is 110 Å². The summed E-state index contributed by atoms with van der Waals surface area (Å²) in [6, 6.07) is 9.25. The summed E-state index contributed by atoms with van der Waals surface area (Å²) in [5, 5.41) is 11.4. The molecule has 0 atom stereocenters. The first-order valence-electron chi connectivity index (χ1n) is 8.14. The van der Waals surface area contributed by atoms with E-state index in [1.54, 1.807) is 4.90 Å². The molecule has 0 spiro atoms. The van der Waals surface area contributed by atoms with Gasteiger partial charge in [0.05, 0.1) is 16.2 Å². The smallest absolute Gasteiger partial charge is 0.289 e. The minimum absolute atomic E-state index is 0.0162. The monoisotopic (exact) mass is 409 g/mol. The molecular weight excluding hydrogens is 394 g/mol. The van der Waals surface area contributed by atoms with Crippen LogP contribution in [0, 0.1) is 10.1 Å². The molecule has 1 fully saturated rings. The standard InChI is InChI=1S/C17H16ClN3O5S/c18-12-7-8-13(17(22)20-9-3-4-10-20)14(11-12)19-27(25,26)16-6-2-1-5-15(16)21(23)24/h1-2,5-8,11,19H,3-4,9-10H2. The fraction of sp³-hybridized carbons (Fsp3) is 0.235. The van der Waals surface area contributed by atoms with Crippen LogP contribution in [0.5, 0.6) is 0 Å². The van der Waals surface area contributed by atoms with Crippen molar-refractivity contribution in [3.8, 4) is 0 Å². The summed E-state index contributed by atoms with van der Waals surface area (Å²) in [6.07, 6.45) is 1.77. The number of nitro benzene ring substituents is 1. The fourth-order valence-corrected chi connectivity index (χ4v) is 4.33. The summed E-state index contributed by atoms with van der Waals surface area (Å²) in [5.41, 5.74) is -0.430. The minimum atomic E-state index is -4.31. The van der Waals surface area contributed by atoms with Gasteiger partial charge in [-0.25, -0.2) is 8.42 Å². The number of sulfonamides is 1. The number of carbonyl (C=O) groups excluding carboxylic acids is 1. The van der Waals surface area contributed by atoms with E-state index in [4.69, 9.17) is 11.6 Å². The number of nitrogens with one attached hydrogen (secondary N) is 1. The molecule has 0 aliphatic carbocycles. The average Bonchev–Trinajstić information content (AvgIpc) is 3.15. The van der Waals surface area contributed by atoms with Gasteiger partial charge in [-0.3, -0.25) is 19.6 Å². The maximum absolute atomic E-state index is 12.8. The molecule has 2 aromatic carbocycles. The fourth-order valence-electron chi connectivity index (χ4n) is 2.91. The number of para-hydroxylation sites is 1. The average molecular weight is 410 g/mol. The summed E-state index contributed by atoms with van der Waals surface area (Å²) in [5.74, 6) is -0.315. The lowest BCUT2D eigenvalue weighted by Crippen LogP contribution is -2.29. The molecule has 3 rings (SSSR count). The van der Waals surface area contributed by atoms with Gasteiger partial charge in [0, 0.05) is 24.2 Å². The Morgan fingerprint density at radius 2 is 1.81 bits per heavy atom. The largest absolute Gasteiger partial charge is 0.339 e. The van der Waals surface area contributed by atoms with E-state index in [2.05, 4.69) is 4.72 Å². The first-order chi connectivity index (χ1) is 12.8. The van der Waals surface area contributed by atoms with Gasteiger partial charge in [-0.1, -0.05) is 23.7 Å². The third-order valence-electron chi connectivity index (χ3n) is 4.20. The summed E-state index contributed by atoms with van der Waals surface area (Å²) >= 11 is 5.97. The number of nitro groups is 1. The van der Waals surface area contributed by atoms with Crippen LogP contribution in [0.4, 0.5) is 11.4 Å². The second kappa shape index (κ2) is 7.53. The summed E-state index contributed by atoms with van der Waals surface area (Å²) < 4.78 is 27.8. The summed E-state index contributed by atoms with van der Waals surface area (Å²) in [7, 11) is -4.31. The Balaban J connectivity index is 2.01. The SMILES string of the molecule is O=C(c1ccc(Cl)cc1NS(=O)(=O)c1ccccc1[N+](=O)[O-])N1CCCC1. The molecule has 1 aliphatic rings. The highest BCUT2D eigenvalue weighted by Crippen LogP contribution is 2.29. The maximum Gasteiger partial charge on any atom is 0.289 e. The molecule has 0 unspecified atom stereocenters. The molecule has 10 heteroatoms. The van der Waals surface area contributed by atoms with Crippen molar-refractivity contribution in [2.45, 2.75) is 17.7 Å². The molecule has 0 radical (unpaired) electrons. The van der Waals surface area contributed by atoms with E-state index in [0.29, 0.717) is 13.1 Å². The van der Waals surface area contributed by atoms with Gasteiger partial charge in [-0.2, -0.15) is 0 Å². The maximum atomic E-state index is 12.8. The lowest BCUT2D eigenvalue weighted by Gasteiger charge is -2.18. The molecule has 1 heterocycles. The van der Waals surface area contributed by atoms with E-state index in [-0.39, 0.29) is 22.2 Å². The number of likely N-dealkylation sites (tertiary alicyclic amines) is 1. The van der Waals surface area contributed by atoms with Crippen LogP contribution in [0.2, 0.25) is 5.02 Å². The van der Waals surface area contributed by atoms with Crippen molar-refractivity contribution in [1.82, 2.24) is 4.90 Å². The van der Waals surface area contributed by atoms with Gasteiger partial charge in [-0.15, -0.1) is 0 Å². The third kappa shape index (κ3) is 4.04. The Hall–Kier alpha value is -2.65. The van der Waals surface area contributed by atoms with Crippen molar-refractivity contribution in [2.75, 3.05) is 17.8 Å². The zero-order valence-corrected chi connectivity index (χ0v) is 15.7. The van der Waals surface area contributed by atoms with Gasteiger partial charge in [0.15, 0.2) is 4.90 Å². The highest BCUT2D eigenvalue weighted by molar-refractivity contribution is 7.92. The van der Waals surface area contributed by atoms with Crippen LogP contribution in [0.15, 0.2) is 47.4 Å². The number of hydrogen-bond donors (Lipinski definition) is 1. The Kier molecular flexibility index (Phi) is 5.33. The van der Waals surface area contributed by atoms with Crippen molar-refractivity contribution in [3.63, 3.8) is 0 Å². The number of nitrogens with zero attached hydrogens (tertiary/aromatic N) is 2. The van der Waals surface area contributed by atoms with Crippen LogP contribution in [-0.4, -0.2) is 37.2 Å². The number of benzene rings is 2. The predicted octanol–water partition coefficient (Wildman–Crippen LogP) is 3.29. The molecule has 27 heavy (non-hydrogen) atoms. The lowest BCUT2D eigenvalue weighted by atomic mass is 10.1. The van der Waals surface area contributed by atoms with E-state index < -0.39 is 25.5 Å². The second-order valence-electron chi connectivity index (χ2n) is 6.02. The Labute approximate surface area is 160 Å². The van der Waals surface area contributed by atoms with E-state index in [0.717, 1.165) is 25.0 Å². The molecule has 0 aromatic heterocycles. The van der Waals surface area contributed by atoms with Gasteiger partial charge >= 0.3 is 0 Å². The van der Waals surface area contributed by atoms with Crippen LogP contribution < -0.4 is 4.72 Å². The zero-order valence-electron chi connectivity index (χ0n) is 14.1. The normalized spacial score (nSPS) is 14.2. The molecule has 8 nitrogen and oxygen atoms in total. The van der Waals surface area contributed by atoms with E-state index in [1.165, 1.54) is 30.3 Å². The van der Waals surface area contributed by atoms with Crippen LogP contribution in [0.1, 0.15) is 23.2 Å². The van der Waals surface area contributed by atoms with Crippen molar-refractivity contribution in [2.24, 2.45) is 0 Å². The first kappa shape index (κ1) is 19.1. The van der Waals surface area contributed by atoms with Crippen molar-refractivity contribution in [1.29, 1.82) is 0 Å². The molecule has 1 N–H and O–H groups in total. The number of amides is 1. The van der Waals surface area contributed by atoms with Crippen LogP contribution >= 0.6 is 11.6 Å². The molecule has 0 saturated carbocycles. The zero-order chi connectivity index (χ0) is 19.6. The number of carbonyl (C=O) groups is 1. The quantitative estimate of drug-likeness (QED) is 0.601. The van der Waals surface area contributed by atoms with Gasteiger partial charge in [0.25, 0.3) is 21.6 Å².